The number of hydrogen-bond acceptors (Lipinski definition) is 8. The van der Waals surface area contributed by atoms with Gasteiger partial charge in [-0.3, -0.25) is 9.10 Å². The summed E-state index contributed by atoms with van der Waals surface area (Å²) < 4.78 is 38.5. The molecule has 3 aromatic carbocycles. The third-order valence-electron chi connectivity index (χ3n) is 5.11. The topological polar surface area (TPSA) is 121 Å². The summed E-state index contributed by atoms with van der Waals surface area (Å²) in [5.41, 5.74) is 0.388. The molecule has 34 heavy (non-hydrogen) atoms. The van der Waals surface area contributed by atoms with Crippen LogP contribution in [-0.4, -0.2) is 43.5 Å². The molecule has 4 rings (SSSR count). The van der Waals surface area contributed by atoms with Crippen molar-refractivity contribution in [3.63, 3.8) is 0 Å². The molecule has 11 heteroatoms. The first-order valence-electron chi connectivity index (χ1n) is 10.0. The van der Waals surface area contributed by atoms with Crippen LogP contribution in [0.2, 0.25) is 0 Å². The number of esters is 1. The molecule has 0 aliphatic carbocycles. The minimum atomic E-state index is -3.96. The molecule has 0 amide bonds. The van der Waals surface area contributed by atoms with Gasteiger partial charge in [0.15, 0.2) is 6.73 Å². The van der Waals surface area contributed by atoms with Crippen LogP contribution in [0.5, 0.6) is 5.75 Å². The monoisotopic (exact) mass is 480 g/mol. The maximum atomic E-state index is 13.1. The predicted molar refractivity (Wildman–Crippen MR) is 124 cm³/mol. The van der Waals surface area contributed by atoms with E-state index >= 15 is 0 Å². The summed E-state index contributed by atoms with van der Waals surface area (Å²) in [5.74, 6) is -0.222. The lowest BCUT2D eigenvalue weighted by molar-refractivity contribution is 0.0336. The van der Waals surface area contributed by atoms with Crippen molar-refractivity contribution in [2.75, 3.05) is 18.5 Å². The van der Waals surface area contributed by atoms with E-state index < -0.39 is 28.3 Å². The quantitative estimate of drug-likeness (QED) is 0.370. The third kappa shape index (κ3) is 4.46. The second kappa shape index (κ2) is 9.32. The van der Waals surface area contributed by atoms with Crippen LogP contribution in [0.15, 0.2) is 82.5 Å². The molecule has 4 aromatic rings. The molecule has 0 aliphatic heterocycles. The minimum Gasteiger partial charge on any atom is -0.497 e. The van der Waals surface area contributed by atoms with Gasteiger partial charge in [0.2, 0.25) is 0 Å². The number of aromatic nitrogens is 3. The zero-order valence-corrected chi connectivity index (χ0v) is 19.1. The van der Waals surface area contributed by atoms with Crippen LogP contribution in [0.4, 0.5) is 5.69 Å². The summed E-state index contributed by atoms with van der Waals surface area (Å²) in [4.78, 5) is 25.0. The number of rotatable bonds is 7. The SMILES string of the molecule is COc1ccc(N(C)S(=O)(=O)c2cccc(C(=O)OCn3nnc4ccccc4c3=O)c2)cc1. The highest BCUT2D eigenvalue weighted by molar-refractivity contribution is 7.92. The lowest BCUT2D eigenvalue weighted by Crippen LogP contribution is -2.27. The van der Waals surface area contributed by atoms with E-state index in [2.05, 4.69) is 10.3 Å². The summed E-state index contributed by atoms with van der Waals surface area (Å²) in [5, 5.41) is 8.03. The molecule has 0 radical (unpaired) electrons. The number of carbonyl (C=O) groups is 1. The third-order valence-corrected chi connectivity index (χ3v) is 6.89. The Morgan fingerprint density at radius 1 is 1.03 bits per heavy atom. The molecule has 0 N–H and O–H groups in total. The van der Waals surface area contributed by atoms with Gasteiger partial charge in [-0.1, -0.05) is 23.4 Å². The van der Waals surface area contributed by atoms with Crippen LogP contribution in [0.3, 0.4) is 0 Å². The molecule has 174 valence electrons. The van der Waals surface area contributed by atoms with E-state index in [0.29, 0.717) is 22.3 Å². The molecule has 0 atom stereocenters. The molecule has 1 aromatic heterocycles. The smallest absolute Gasteiger partial charge is 0.339 e. The first-order chi connectivity index (χ1) is 16.3. The number of fused-ring (bicyclic) bond motifs is 1. The molecule has 0 saturated heterocycles. The summed E-state index contributed by atoms with van der Waals surface area (Å²) in [6.45, 7) is -0.474. The van der Waals surface area contributed by atoms with Crippen LogP contribution >= 0.6 is 0 Å². The molecule has 0 saturated carbocycles. The number of sulfonamides is 1. The van der Waals surface area contributed by atoms with Gasteiger partial charge in [0, 0.05) is 7.05 Å². The standard InChI is InChI=1S/C23H20N4O6S/c1-26(17-10-12-18(32-2)13-11-17)34(30,31)19-7-5-6-16(14-19)23(29)33-15-27-22(28)20-8-3-4-9-21(20)24-25-27/h3-14H,15H2,1-2H3. The van der Waals surface area contributed by atoms with Gasteiger partial charge in [-0.25, -0.2) is 13.2 Å². The van der Waals surface area contributed by atoms with Crippen LogP contribution in [0, 0.1) is 0 Å². The van der Waals surface area contributed by atoms with Crippen LogP contribution < -0.4 is 14.6 Å². The zero-order valence-electron chi connectivity index (χ0n) is 18.3. The summed E-state index contributed by atoms with van der Waals surface area (Å²) in [7, 11) is -1.03. The molecule has 0 bridgehead atoms. The van der Waals surface area contributed by atoms with E-state index in [1.807, 2.05) is 0 Å². The average molecular weight is 481 g/mol. The van der Waals surface area contributed by atoms with E-state index in [-0.39, 0.29) is 10.5 Å². The fourth-order valence-electron chi connectivity index (χ4n) is 3.18. The first kappa shape index (κ1) is 22.9. The first-order valence-corrected chi connectivity index (χ1v) is 11.5. The van der Waals surface area contributed by atoms with Crippen LogP contribution in [0.25, 0.3) is 10.9 Å². The second-order valence-corrected chi connectivity index (χ2v) is 9.14. The van der Waals surface area contributed by atoms with Gasteiger partial charge in [0.25, 0.3) is 15.6 Å². The molecular formula is C23H20N4O6S. The van der Waals surface area contributed by atoms with Crippen molar-refractivity contribution < 1.29 is 22.7 Å². The van der Waals surface area contributed by atoms with Crippen molar-refractivity contribution in [1.82, 2.24) is 15.0 Å². The molecular weight excluding hydrogens is 460 g/mol. The van der Waals surface area contributed by atoms with Gasteiger partial charge in [-0.05, 0) is 54.6 Å². The highest BCUT2D eigenvalue weighted by Crippen LogP contribution is 2.25. The van der Waals surface area contributed by atoms with Crippen molar-refractivity contribution in [3.8, 4) is 5.75 Å². The zero-order chi connectivity index (χ0) is 24.3. The molecule has 1 heterocycles. The Kier molecular flexibility index (Phi) is 6.28. The van der Waals surface area contributed by atoms with Gasteiger partial charge < -0.3 is 9.47 Å². The second-order valence-electron chi connectivity index (χ2n) is 7.17. The van der Waals surface area contributed by atoms with Crippen molar-refractivity contribution >= 4 is 32.6 Å². The minimum absolute atomic E-state index is 0.00556. The molecule has 0 aliphatic rings. The van der Waals surface area contributed by atoms with Crippen molar-refractivity contribution in [1.29, 1.82) is 0 Å². The Balaban J connectivity index is 1.53. The number of hydrogen-bond donors (Lipinski definition) is 0. The van der Waals surface area contributed by atoms with Crippen LogP contribution in [0.1, 0.15) is 10.4 Å². The molecule has 0 spiro atoms. The van der Waals surface area contributed by atoms with Crippen molar-refractivity contribution in [3.05, 3.63) is 88.7 Å². The predicted octanol–water partition coefficient (Wildman–Crippen LogP) is 2.44. The van der Waals surface area contributed by atoms with E-state index in [1.54, 1.807) is 48.5 Å². The van der Waals surface area contributed by atoms with Crippen LogP contribution in [-0.2, 0) is 21.5 Å². The van der Waals surface area contributed by atoms with Gasteiger partial charge in [-0.2, -0.15) is 4.68 Å². The average Bonchev–Trinajstić information content (AvgIpc) is 2.88. The van der Waals surface area contributed by atoms with Crippen molar-refractivity contribution in [2.24, 2.45) is 0 Å². The number of nitrogens with zero attached hydrogens (tertiary/aromatic N) is 4. The Morgan fingerprint density at radius 3 is 2.50 bits per heavy atom. The van der Waals surface area contributed by atoms with Gasteiger partial charge in [0.1, 0.15) is 11.3 Å². The number of carbonyl (C=O) groups excluding carboxylic acids is 1. The Labute approximate surface area is 195 Å². The van der Waals surface area contributed by atoms with Gasteiger partial charge in [-0.15, -0.1) is 5.10 Å². The Bertz CT molecular complexity index is 1520. The lowest BCUT2D eigenvalue weighted by Gasteiger charge is -2.20. The van der Waals surface area contributed by atoms with E-state index in [4.69, 9.17) is 9.47 Å². The Hall–Kier alpha value is -4.25. The number of methoxy groups -OCH3 is 1. The lowest BCUT2D eigenvalue weighted by atomic mass is 10.2. The van der Waals surface area contributed by atoms with E-state index in [0.717, 1.165) is 8.99 Å². The fourth-order valence-corrected chi connectivity index (χ4v) is 4.43. The highest BCUT2D eigenvalue weighted by Gasteiger charge is 2.23. The fraction of sp³-hybridized carbons (Fsp3) is 0.130. The normalized spacial score (nSPS) is 11.2. The Morgan fingerprint density at radius 2 is 1.76 bits per heavy atom. The number of ether oxygens (including phenoxy) is 2. The summed E-state index contributed by atoms with van der Waals surface area (Å²) in [6.07, 6.45) is 0. The van der Waals surface area contributed by atoms with Crippen molar-refractivity contribution in [2.45, 2.75) is 11.6 Å². The van der Waals surface area contributed by atoms with Gasteiger partial charge in [0.05, 0.1) is 28.6 Å². The maximum absolute atomic E-state index is 13.1. The van der Waals surface area contributed by atoms with E-state index in [1.165, 1.54) is 38.4 Å². The number of anilines is 1. The molecule has 10 nitrogen and oxygen atoms in total. The number of benzene rings is 3. The maximum Gasteiger partial charge on any atom is 0.339 e. The summed E-state index contributed by atoms with van der Waals surface area (Å²) in [6, 6.07) is 18.6. The molecule has 0 unspecified atom stereocenters. The largest absolute Gasteiger partial charge is 0.497 e. The van der Waals surface area contributed by atoms with Gasteiger partial charge >= 0.3 is 5.97 Å². The highest BCUT2D eigenvalue weighted by atomic mass is 32.2. The summed E-state index contributed by atoms with van der Waals surface area (Å²) >= 11 is 0. The molecule has 0 fully saturated rings. The van der Waals surface area contributed by atoms with E-state index in [9.17, 15) is 18.0 Å².